The van der Waals surface area contributed by atoms with E-state index in [2.05, 4.69) is 39.2 Å². The van der Waals surface area contributed by atoms with Gasteiger partial charge in [-0.3, -0.25) is 0 Å². The summed E-state index contributed by atoms with van der Waals surface area (Å²) in [6.07, 6.45) is 3.74. The lowest BCUT2D eigenvalue weighted by Crippen LogP contribution is -2.17. The van der Waals surface area contributed by atoms with E-state index in [4.69, 9.17) is 5.73 Å². The van der Waals surface area contributed by atoms with E-state index in [9.17, 15) is 0 Å². The number of aromatic nitrogens is 2. The minimum Gasteiger partial charge on any atom is -0.328 e. The van der Waals surface area contributed by atoms with Gasteiger partial charge in [0.05, 0.1) is 23.1 Å². The Bertz CT molecular complexity index is 628. The Kier molecular flexibility index (Phi) is 3.44. The first-order chi connectivity index (χ1) is 9.34. The predicted molar refractivity (Wildman–Crippen MR) is 78.9 cm³/mol. The fourth-order valence-corrected chi connectivity index (χ4v) is 2.86. The Morgan fingerprint density at radius 3 is 2.74 bits per heavy atom. The van der Waals surface area contributed by atoms with Crippen LogP contribution in [0.15, 0.2) is 60.4 Å². The van der Waals surface area contributed by atoms with Crippen LogP contribution in [0.5, 0.6) is 0 Å². The molecule has 4 heteroatoms. The van der Waals surface area contributed by atoms with E-state index in [1.54, 1.807) is 11.3 Å². The molecule has 3 nitrogen and oxygen atoms in total. The molecule has 19 heavy (non-hydrogen) atoms. The standard InChI is InChI=1S/C15H15N3S/c16-13(12-5-2-1-3-6-12)10-18-11-17-9-14(18)15-7-4-8-19-15/h1-9,11,13H,10,16H2. The van der Waals surface area contributed by atoms with Crippen LogP contribution >= 0.6 is 11.3 Å². The maximum Gasteiger partial charge on any atom is 0.0951 e. The maximum atomic E-state index is 6.26. The Labute approximate surface area is 116 Å². The van der Waals surface area contributed by atoms with Gasteiger partial charge in [-0.25, -0.2) is 4.98 Å². The molecular formula is C15H15N3S. The molecule has 0 spiro atoms. The van der Waals surface area contributed by atoms with Gasteiger partial charge in [-0.1, -0.05) is 36.4 Å². The summed E-state index contributed by atoms with van der Waals surface area (Å²) in [5.41, 5.74) is 8.54. The lowest BCUT2D eigenvalue weighted by Gasteiger charge is -2.14. The average Bonchev–Trinajstić information content (AvgIpc) is 3.10. The van der Waals surface area contributed by atoms with Crippen molar-refractivity contribution in [2.45, 2.75) is 12.6 Å². The highest BCUT2D eigenvalue weighted by atomic mass is 32.1. The molecule has 0 aliphatic carbocycles. The molecule has 1 aromatic carbocycles. The van der Waals surface area contributed by atoms with E-state index < -0.39 is 0 Å². The fraction of sp³-hybridized carbons (Fsp3) is 0.133. The molecule has 2 aromatic heterocycles. The predicted octanol–water partition coefficient (Wildman–Crippen LogP) is 3.31. The van der Waals surface area contributed by atoms with Crippen molar-refractivity contribution in [3.05, 3.63) is 65.9 Å². The Balaban J connectivity index is 1.83. The highest BCUT2D eigenvalue weighted by Crippen LogP contribution is 2.25. The minimum absolute atomic E-state index is 0.0193. The minimum atomic E-state index is -0.0193. The lowest BCUT2D eigenvalue weighted by atomic mass is 10.1. The second-order valence-electron chi connectivity index (χ2n) is 4.43. The molecule has 2 heterocycles. The maximum absolute atomic E-state index is 6.26. The van der Waals surface area contributed by atoms with E-state index in [1.807, 2.05) is 30.7 Å². The zero-order valence-electron chi connectivity index (χ0n) is 10.4. The van der Waals surface area contributed by atoms with Crippen molar-refractivity contribution in [1.82, 2.24) is 9.55 Å². The Hall–Kier alpha value is -1.91. The molecule has 1 unspecified atom stereocenters. The summed E-state index contributed by atoms with van der Waals surface area (Å²) in [7, 11) is 0. The van der Waals surface area contributed by atoms with E-state index in [-0.39, 0.29) is 6.04 Å². The third-order valence-corrected chi connectivity index (χ3v) is 4.00. The summed E-state index contributed by atoms with van der Waals surface area (Å²) in [6, 6.07) is 14.3. The van der Waals surface area contributed by atoms with Crippen LogP contribution in [0, 0.1) is 0 Å². The van der Waals surface area contributed by atoms with Crippen molar-refractivity contribution in [3.8, 4) is 10.6 Å². The van der Waals surface area contributed by atoms with Gasteiger partial charge >= 0.3 is 0 Å². The summed E-state index contributed by atoms with van der Waals surface area (Å²) >= 11 is 1.72. The van der Waals surface area contributed by atoms with Crippen LogP contribution in [0.1, 0.15) is 11.6 Å². The molecule has 1 atom stereocenters. The van der Waals surface area contributed by atoms with Gasteiger partial charge in [-0.15, -0.1) is 11.3 Å². The SMILES string of the molecule is NC(Cn1cncc1-c1cccs1)c1ccccc1. The lowest BCUT2D eigenvalue weighted by molar-refractivity contribution is 0.581. The molecule has 0 radical (unpaired) electrons. The normalized spacial score (nSPS) is 12.5. The van der Waals surface area contributed by atoms with Gasteiger partial charge in [-0.05, 0) is 17.0 Å². The van der Waals surface area contributed by atoms with Gasteiger partial charge in [0, 0.05) is 12.6 Å². The van der Waals surface area contributed by atoms with Crippen molar-refractivity contribution in [1.29, 1.82) is 0 Å². The number of rotatable bonds is 4. The highest BCUT2D eigenvalue weighted by molar-refractivity contribution is 7.13. The van der Waals surface area contributed by atoms with E-state index in [0.29, 0.717) is 0 Å². The third-order valence-electron chi connectivity index (χ3n) is 3.11. The van der Waals surface area contributed by atoms with Crippen molar-refractivity contribution in [3.63, 3.8) is 0 Å². The quantitative estimate of drug-likeness (QED) is 0.789. The highest BCUT2D eigenvalue weighted by Gasteiger charge is 2.11. The molecule has 0 saturated heterocycles. The molecule has 3 rings (SSSR count). The van der Waals surface area contributed by atoms with Crippen LogP contribution < -0.4 is 5.73 Å². The molecule has 0 bridgehead atoms. The van der Waals surface area contributed by atoms with Crippen LogP contribution in [-0.2, 0) is 6.54 Å². The van der Waals surface area contributed by atoms with E-state index >= 15 is 0 Å². The molecule has 2 N–H and O–H groups in total. The summed E-state index contributed by atoms with van der Waals surface area (Å²) in [6.45, 7) is 0.733. The zero-order valence-corrected chi connectivity index (χ0v) is 11.3. The summed E-state index contributed by atoms with van der Waals surface area (Å²) in [4.78, 5) is 5.46. The number of imidazole rings is 1. The molecule has 0 amide bonds. The molecular weight excluding hydrogens is 254 g/mol. The Morgan fingerprint density at radius 2 is 2.00 bits per heavy atom. The summed E-state index contributed by atoms with van der Waals surface area (Å²) in [5, 5.41) is 2.07. The molecule has 0 aliphatic heterocycles. The van der Waals surface area contributed by atoms with Gasteiger partial charge in [0.25, 0.3) is 0 Å². The first kappa shape index (κ1) is 12.1. The smallest absolute Gasteiger partial charge is 0.0951 e. The number of nitrogens with zero attached hydrogens (tertiary/aromatic N) is 2. The van der Waals surface area contributed by atoms with Gasteiger partial charge in [0.15, 0.2) is 0 Å². The fourth-order valence-electron chi connectivity index (χ4n) is 2.11. The first-order valence-corrected chi connectivity index (χ1v) is 7.07. The van der Waals surface area contributed by atoms with Crippen molar-refractivity contribution in [2.24, 2.45) is 5.73 Å². The van der Waals surface area contributed by atoms with Crippen molar-refractivity contribution < 1.29 is 0 Å². The van der Waals surface area contributed by atoms with Gasteiger partial charge in [0.1, 0.15) is 0 Å². The molecule has 0 saturated carbocycles. The van der Waals surface area contributed by atoms with Crippen molar-refractivity contribution in [2.75, 3.05) is 0 Å². The van der Waals surface area contributed by atoms with E-state index in [1.165, 1.54) is 4.88 Å². The van der Waals surface area contributed by atoms with Crippen LogP contribution in [0.25, 0.3) is 10.6 Å². The Morgan fingerprint density at radius 1 is 1.16 bits per heavy atom. The van der Waals surface area contributed by atoms with Crippen LogP contribution in [0.4, 0.5) is 0 Å². The van der Waals surface area contributed by atoms with E-state index in [0.717, 1.165) is 17.8 Å². The number of thiophene rings is 1. The number of hydrogen-bond acceptors (Lipinski definition) is 3. The number of benzene rings is 1. The van der Waals surface area contributed by atoms with Gasteiger partial charge < -0.3 is 10.3 Å². The number of nitrogens with two attached hydrogens (primary N) is 1. The topological polar surface area (TPSA) is 43.8 Å². The number of hydrogen-bond donors (Lipinski definition) is 1. The molecule has 96 valence electrons. The van der Waals surface area contributed by atoms with Gasteiger partial charge in [0.2, 0.25) is 0 Å². The largest absolute Gasteiger partial charge is 0.328 e. The summed E-state index contributed by atoms with van der Waals surface area (Å²) < 4.78 is 2.11. The second kappa shape index (κ2) is 5.38. The zero-order chi connectivity index (χ0) is 13.1. The molecule has 0 fully saturated rings. The summed E-state index contributed by atoms with van der Waals surface area (Å²) in [5.74, 6) is 0. The van der Waals surface area contributed by atoms with Crippen LogP contribution in [0.2, 0.25) is 0 Å². The van der Waals surface area contributed by atoms with Crippen LogP contribution in [0.3, 0.4) is 0 Å². The monoisotopic (exact) mass is 269 g/mol. The second-order valence-corrected chi connectivity index (χ2v) is 5.37. The van der Waals surface area contributed by atoms with Gasteiger partial charge in [-0.2, -0.15) is 0 Å². The molecule has 3 aromatic rings. The van der Waals surface area contributed by atoms with Crippen molar-refractivity contribution >= 4 is 11.3 Å². The average molecular weight is 269 g/mol. The first-order valence-electron chi connectivity index (χ1n) is 6.19. The third kappa shape index (κ3) is 2.59. The molecule has 0 aliphatic rings. The van der Waals surface area contributed by atoms with Crippen LogP contribution in [-0.4, -0.2) is 9.55 Å².